The van der Waals surface area contributed by atoms with Crippen molar-refractivity contribution in [3.8, 4) is 11.3 Å². The molecule has 1 aromatic heterocycles. The van der Waals surface area contributed by atoms with Crippen molar-refractivity contribution >= 4 is 17.5 Å². The second-order valence-corrected chi connectivity index (χ2v) is 8.57. The Morgan fingerprint density at radius 1 is 1.06 bits per heavy atom. The van der Waals surface area contributed by atoms with Crippen LogP contribution in [0.2, 0.25) is 5.02 Å². The van der Waals surface area contributed by atoms with E-state index in [1.165, 1.54) is 5.56 Å². The number of H-pyrrole nitrogens is 1. The summed E-state index contributed by atoms with van der Waals surface area (Å²) >= 11 is 6.15. The number of morpholine rings is 1. The van der Waals surface area contributed by atoms with E-state index in [4.69, 9.17) is 16.3 Å². The van der Waals surface area contributed by atoms with Crippen LogP contribution in [-0.4, -0.2) is 65.3 Å². The third kappa shape index (κ3) is 3.87. The summed E-state index contributed by atoms with van der Waals surface area (Å²) in [5.41, 5.74) is 5.58. The van der Waals surface area contributed by atoms with Gasteiger partial charge in [-0.15, -0.1) is 0 Å². The molecule has 7 heteroatoms. The summed E-state index contributed by atoms with van der Waals surface area (Å²) in [6.45, 7) is 6.80. The highest BCUT2D eigenvalue weighted by atomic mass is 35.5. The number of rotatable bonds is 5. The zero-order valence-corrected chi connectivity index (χ0v) is 18.2. The standard InChI is InChI=1S/C24H25ClN4O2/c1-16-2-4-17(5-3-16)21-20-22(27-26-21)24(30)29(11-10-28-12-14-31-15-13-28)23(20)18-6-8-19(25)9-7-18/h2-9,23H,10-15H2,1H3,(H,26,27). The van der Waals surface area contributed by atoms with Crippen LogP contribution >= 0.6 is 11.6 Å². The van der Waals surface area contributed by atoms with Gasteiger partial charge in [-0.1, -0.05) is 53.6 Å². The van der Waals surface area contributed by atoms with Crippen molar-refractivity contribution in [1.82, 2.24) is 20.0 Å². The van der Waals surface area contributed by atoms with Gasteiger partial charge in [0, 0.05) is 42.3 Å². The maximum Gasteiger partial charge on any atom is 0.273 e. The Hall–Kier alpha value is -2.67. The summed E-state index contributed by atoms with van der Waals surface area (Å²) in [6, 6.07) is 15.8. The first kappa shape index (κ1) is 20.2. The zero-order valence-electron chi connectivity index (χ0n) is 17.5. The van der Waals surface area contributed by atoms with E-state index in [0.29, 0.717) is 17.3 Å². The highest BCUT2D eigenvalue weighted by Gasteiger charge is 2.42. The Balaban J connectivity index is 1.52. The minimum Gasteiger partial charge on any atom is -0.379 e. The van der Waals surface area contributed by atoms with E-state index in [1.807, 2.05) is 29.2 Å². The molecular weight excluding hydrogens is 412 g/mol. The first-order chi connectivity index (χ1) is 15.1. The van der Waals surface area contributed by atoms with Crippen LogP contribution < -0.4 is 0 Å². The van der Waals surface area contributed by atoms with Crippen molar-refractivity contribution in [1.29, 1.82) is 0 Å². The molecule has 2 aliphatic heterocycles. The van der Waals surface area contributed by atoms with Crippen LogP contribution in [0.1, 0.15) is 33.2 Å². The summed E-state index contributed by atoms with van der Waals surface area (Å²) in [4.78, 5) is 17.7. The highest BCUT2D eigenvalue weighted by Crippen LogP contribution is 2.42. The molecule has 1 saturated heterocycles. The van der Waals surface area contributed by atoms with E-state index in [0.717, 1.165) is 55.2 Å². The van der Waals surface area contributed by atoms with Crippen LogP contribution in [0.25, 0.3) is 11.3 Å². The van der Waals surface area contributed by atoms with Crippen molar-refractivity contribution in [3.63, 3.8) is 0 Å². The number of hydrogen-bond acceptors (Lipinski definition) is 4. The van der Waals surface area contributed by atoms with Gasteiger partial charge in [-0.05, 0) is 24.6 Å². The molecule has 5 rings (SSSR count). The monoisotopic (exact) mass is 436 g/mol. The highest BCUT2D eigenvalue weighted by molar-refractivity contribution is 6.30. The number of benzene rings is 2. The van der Waals surface area contributed by atoms with Crippen LogP contribution in [0.3, 0.4) is 0 Å². The van der Waals surface area contributed by atoms with Crippen LogP contribution in [-0.2, 0) is 4.74 Å². The summed E-state index contributed by atoms with van der Waals surface area (Å²) in [6.07, 6.45) is 0. The Bertz CT molecular complexity index is 1070. The van der Waals surface area contributed by atoms with Gasteiger partial charge in [-0.25, -0.2) is 0 Å². The zero-order chi connectivity index (χ0) is 21.4. The Morgan fingerprint density at radius 3 is 2.48 bits per heavy atom. The molecule has 3 heterocycles. The number of aryl methyl sites for hydroxylation is 1. The fraction of sp³-hybridized carbons (Fsp3) is 0.333. The van der Waals surface area contributed by atoms with Crippen LogP contribution in [0.5, 0.6) is 0 Å². The van der Waals surface area contributed by atoms with Gasteiger partial charge in [0.1, 0.15) is 5.69 Å². The first-order valence-electron chi connectivity index (χ1n) is 10.6. The van der Waals surface area contributed by atoms with Gasteiger partial charge in [-0.3, -0.25) is 14.8 Å². The average Bonchev–Trinajstić information content (AvgIpc) is 3.33. The number of carbonyl (C=O) groups excluding carboxylic acids is 1. The molecule has 160 valence electrons. The summed E-state index contributed by atoms with van der Waals surface area (Å²) in [5.74, 6) is -0.00549. The van der Waals surface area contributed by atoms with Gasteiger partial charge in [0.05, 0.1) is 24.9 Å². The molecular formula is C24H25ClN4O2. The second kappa shape index (κ2) is 8.46. The number of fused-ring (bicyclic) bond motifs is 1. The van der Waals surface area contributed by atoms with Gasteiger partial charge in [-0.2, -0.15) is 5.10 Å². The quantitative estimate of drug-likeness (QED) is 0.658. The lowest BCUT2D eigenvalue weighted by molar-refractivity contribution is 0.0316. The van der Waals surface area contributed by atoms with E-state index in [-0.39, 0.29) is 11.9 Å². The smallest absolute Gasteiger partial charge is 0.273 e. The predicted octanol–water partition coefficient (Wildman–Crippen LogP) is 3.92. The number of carbonyl (C=O) groups is 1. The number of aromatic nitrogens is 2. The molecule has 0 bridgehead atoms. The molecule has 0 radical (unpaired) electrons. The molecule has 6 nitrogen and oxygen atoms in total. The number of nitrogens with one attached hydrogen (secondary N) is 1. The number of ether oxygens (including phenoxy) is 1. The minimum absolute atomic E-state index is 0.00549. The number of halogens is 1. The van der Waals surface area contributed by atoms with Crippen molar-refractivity contribution in [2.75, 3.05) is 39.4 Å². The van der Waals surface area contributed by atoms with E-state index in [2.05, 4.69) is 46.3 Å². The number of nitrogens with zero attached hydrogens (tertiary/aromatic N) is 3. The largest absolute Gasteiger partial charge is 0.379 e. The molecule has 1 unspecified atom stereocenters. The predicted molar refractivity (Wildman–Crippen MR) is 120 cm³/mol. The molecule has 31 heavy (non-hydrogen) atoms. The van der Waals surface area contributed by atoms with Crippen molar-refractivity contribution in [2.24, 2.45) is 0 Å². The van der Waals surface area contributed by atoms with Crippen molar-refractivity contribution in [3.05, 3.63) is 75.9 Å². The molecule has 1 amide bonds. The summed E-state index contributed by atoms with van der Waals surface area (Å²) < 4.78 is 5.46. The summed E-state index contributed by atoms with van der Waals surface area (Å²) in [5, 5.41) is 8.25. The lowest BCUT2D eigenvalue weighted by atomic mass is 9.96. The Morgan fingerprint density at radius 2 is 1.77 bits per heavy atom. The van der Waals surface area contributed by atoms with Gasteiger partial charge >= 0.3 is 0 Å². The molecule has 0 saturated carbocycles. The van der Waals surface area contributed by atoms with E-state index >= 15 is 0 Å². The van der Waals surface area contributed by atoms with E-state index in [1.54, 1.807) is 0 Å². The molecule has 1 fully saturated rings. The third-order valence-corrected chi connectivity index (χ3v) is 6.39. The third-order valence-electron chi connectivity index (χ3n) is 6.14. The second-order valence-electron chi connectivity index (χ2n) is 8.13. The van der Waals surface area contributed by atoms with E-state index in [9.17, 15) is 4.79 Å². The topological polar surface area (TPSA) is 61.5 Å². The average molecular weight is 437 g/mol. The summed E-state index contributed by atoms with van der Waals surface area (Å²) in [7, 11) is 0. The van der Waals surface area contributed by atoms with Gasteiger partial charge in [0.15, 0.2) is 0 Å². The number of aromatic amines is 1. The number of amides is 1. The maximum atomic E-state index is 13.4. The first-order valence-corrected chi connectivity index (χ1v) is 11.0. The molecule has 1 N–H and O–H groups in total. The molecule has 1 atom stereocenters. The SMILES string of the molecule is Cc1ccc(-c2n[nH]c3c2C(c2ccc(Cl)cc2)N(CCN2CCOCC2)C3=O)cc1. The lowest BCUT2D eigenvalue weighted by Gasteiger charge is -2.31. The van der Waals surface area contributed by atoms with Crippen molar-refractivity contribution in [2.45, 2.75) is 13.0 Å². The molecule has 2 aliphatic rings. The van der Waals surface area contributed by atoms with E-state index < -0.39 is 0 Å². The van der Waals surface area contributed by atoms with Gasteiger partial charge in [0.2, 0.25) is 0 Å². The Kier molecular flexibility index (Phi) is 5.52. The normalized spacial score (nSPS) is 19.1. The Labute approximate surface area is 186 Å². The molecule has 0 spiro atoms. The van der Waals surface area contributed by atoms with Crippen molar-refractivity contribution < 1.29 is 9.53 Å². The van der Waals surface area contributed by atoms with Gasteiger partial charge in [0.25, 0.3) is 5.91 Å². The maximum absolute atomic E-state index is 13.4. The lowest BCUT2D eigenvalue weighted by Crippen LogP contribution is -2.42. The van der Waals surface area contributed by atoms with Crippen LogP contribution in [0, 0.1) is 6.92 Å². The van der Waals surface area contributed by atoms with Gasteiger partial charge < -0.3 is 9.64 Å². The van der Waals surface area contributed by atoms with Crippen LogP contribution in [0.15, 0.2) is 48.5 Å². The molecule has 0 aliphatic carbocycles. The molecule has 2 aromatic carbocycles. The fourth-order valence-electron chi connectivity index (χ4n) is 4.42. The minimum atomic E-state index is -0.198. The molecule has 3 aromatic rings. The fourth-order valence-corrected chi connectivity index (χ4v) is 4.55. The number of hydrogen-bond donors (Lipinski definition) is 1. The van der Waals surface area contributed by atoms with Crippen LogP contribution in [0.4, 0.5) is 0 Å².